The van der Waals surface area contributed by atoms with Crippen LogP contribution in [0.1, 0.15) is 28.2 Å². The second kappa shape index (κ2) is 4.85. The summed E-state index contributed by atoms with van der Waals surface area (Å²) in [4.78, 5) is 0. The molecule has 3 aromatic carbocycles. The van der Waals surface area contributed by atoms with Crippen LogP contribution in [0.15, 0.2) is 65.1 Å². The molecular formula is C20H15Br. The van der Waals surface area contributed by atoms with Crippen LogP contribution < -0.4 is 0 Å². The van der Waals surface area contributed by atoms with Gasteiger partial charge in [0.25, 0.3) is 0 Å². The third-order valence-electron chi connectivity index (χ3n) is 4.32. The van der Waals surface area contributed by atoms with Gasteiger partial charge in [-0.3, -0.25) is 0 Å². The first-order valence-corrected chi connectivity index (χ1v) is 7.98. The molecule has 4 rings (SSSR count). The van der Waals surface area contributed by atoms with Crippen molar-refractivity contribution in [3.63, 3.8) is 0 Å². The lowest BCUT2D eigenvalue weighted by Gasteiger charge is -2.16. The van der Waals surface area contributed by atoms with Gasteiger partial charge in [0.05, 0.1) is 0 Å². The highest BCUT2D eigenvalue weighted by Crippen LogP contribution is 2.38. The van der Waals surface area contributed by atoms with E-state index in [0.717, 1.165) is 4.47 Å². The number of fused-ring (bicyclic) bond motifs is 2. The largest absolute Gasteiger partial charge is 0.0720 e. The number of rotatable bonds is 1. The molecule has 1 unspecified atom stereocenters. The molecule has 0 N–H and O–H groups in total. The molecule has 0 amide bonds. The van der Waals surface area contributed by atoms with Gasteiger partial charge in [-0.05, 0) is 58.1 Å². The summed E-state index contributed by atoms with van der Waals surface area (Å²) >= 11 is 3.55. The Labute approximate surface area is 133 Å². The molecule has 0 bridgehead atoms. The molecule has 1 aliphatic rings. The van der Waals surface area contributed by atoms with Crippen molar-refractivity contribution in [1.82, 2.24) is 0 Å². The molecule has 1 heteroatoms. The molecule has 0 heterocycles. The van der Waals surface area contributed by atoms with E-state index in [2.05, 4.69) is 89.6 Å². The zero-order valence-electron chi connectivity index (χ0n) is 11.8. The molecule has 0 spiro atoms. The zero-order valence-corrected chi connectivity index (χ0v) is 13.4. The molecule has 0 aromatic heterocycles. The number of halogens is 1. The molecule has 0 nitrogen and oxygen atoms in total. The van der Waals surface area contributed by atoms with Crippen molar-refractivity contribution in [2.45, 2.75) is 12.8 Å². The van der Waals surface area contributed by atoms with Crippen LogP contribution in [0.4, 0.5) is 0 Å². The van der Waals surface area contributed by atoms with Gasteiger partial charge in [0, 0.05) is 10.4 Å². The normalized spacial score (nSPS) is 16.4. The van der Waals surface area contributed by atoms with E-state index in [1.807, 2.05) is 0 Å². The number of hydrogen-bond donors (Lipinski definition) is 0. The van der Waals surface area contributed by atoms with Gasteiger partial charge >= 0.3 is 0 Å². The summed E-state index contributed by atoms with van der Waals surface area (Å²) in [5.74, 6) is 0.384. The maximum atomic E-state index is 3.55. The summed E-state index contributed by atoms with van der Waals surface area (Å²) in [6.45, 7) is 2.21. The van der Waals surface area contributed by atoms with E-state index in [9.17, 15) is 0 Å². The van der Waals surface area contributed by atoms with Gasteiger partial charge in [-0.15, -0.1) is 0 Å². The Kier molecular flexibility index (Phi) is 2.97. The summed E-state index contributed by atoms with van der Waals surface area (Å²) in [7, 11) is 0. The Balaban J connectivity index is 1.90. The lowest BCUT2D eigenvalue weighted by atomic mass is 9.88. The molecule has 0 fully saturated rings. The highest BCUT2D eigenvalue weighted by atomic mass is 79.9. The lowest BCUT2D eigenvalue weighted by Crippen LogP contribution is -1.98. The van der Waals surface area contributed by atoms with E-state index in [0.29, 0.717) is 5.92 Å². The SMILES string of the molecule is Cc1cc2cc(Br)ccc2cc1C1C=Cc2ccccc21. The average Bonchev–Trinajstić information content (AvgIpc) is 2.90. The molecule has 0 radical (unpaired) electrons. The van der Waals surface area contributed by atoms with Crippen molar-refractivity contribution >= 4 is 32.8 Å². The average molecular weight is 335 g/mol. The maximum Gasteiger partial charge on any atom is 0.0281 e. The number of allylic oxidation sites excluding steroid dienone is 1. The monoisotopic (exact) mass is 334 g/mol. The second-order valence-corrected chi connectivity index (χ2v) is 6.58. The summed E-state index contributed by atoms with van der Waals surface area (Å²) in [5.41, 5.74) is 5.52. The Hall–Kier alpha value is -1.86. The smallest absolute Gasteiger partial charge is 0.0281 e. The summed E-state index contributed by atoms with van der Waals surface area (Å²) in [6.07, 6.45) is 4.56. The van der Waals surface area contributed by atoms with Crippen LogP contribution in [0, 0.1) is 6.92 Å². The van der Waals surface area contributed by atoms with Crippen LogP contribution in [0.25, 0.3) is 16.8 Å². The van der Waals surface area contributed by atoms with Crippen LogP contribution in [-0.4, -0.2) is 0 Å². The van der Waals surface area contributed by atoms with Crippen molar-refractivity contribution in [2.75, 3.05) is 0 Å². The lowest BCUT2D eigenvalue weighted by molar-refractivity contribution is 1.03. The summed E-state index contributed by atoms with van der Waals surface area (Å²) in [6, 6.07) is 19.8. The zero-order chi connectivity index (χ0) is 14.4. The van der Waals surface area contributed by atoms with Crippen LogP contribution >= 0.6 is 15.9 Å². The first kappa shape index (κ1) is 12.8. The molecule has 0 saturated carbocycles. The highest BCUT2D eigenvalue weighted by molar-refractivity contribution is 9.10. The first-order chi connectivity index (χ1) is 10.2. The van der Waals surface area contributed by atoms with E-state index >= 15 is 0 Å². The van der Waals surface area contributed by atoms with Gasteiger partial charge in [-0.2, -0.15) is 0 Å². The van der Waals surface area contributed by atoms with Gasteiger partial charge in [0.2, 0.25) is 0 Å². The predicted octanol–water partition coefficient (Wildman–Crippen LogP) is 6.07. The fourth-order valence-electron chi connectivity index (χ4n) is 3.26. The third-order valence-corrected chi connectivity index (χ3v) is 4.81. The molecule has 0 aliphatic heterocycles. The molecule has 1 atom stereocenters. The van der Waals surface area contributed by atoms with E-state index in [1.165, 1.54) is 33.0 Å². The Bertz CT molecular complexity index is 874. The quantitative estimate of drug-likeness (QED) is 0.506. The Morgan fingerprint density at radius 1 is 0.857 bits per heavy atom. The van der Waals surface area contributed by atoms with Crippen molar-refractivity contribution in [2.24, 2.45) is 0 Å². The molecular weight excluding hydrogens is 320 g/mol. The molecule has 102 valence electrons. The molecule has 3 aromatic rings. The van der Waals surface area contributed by atoms with Crippen molar-refractivity contribution < 1.29 is 0 Å². The molecule has 0 saturated heterocycles. The molecule has 21 heavy (non-hydrogen) atoms. The molecule has 1 aliphatic carbocycles. The number of aryl methyl sites for hydroxylation is 1. The van der Waals surface area contributed by atoms with Gasteiger partial charge in [0.15, 0.2) is 0 Å². The first-order valence-electron chi connectivity index (χ1n) is 7.19. The number of hydrogen-bond acceptors (Lipinski definition) is 0. The van der Waals surface area contributed by atoms with Crippen LogP contribution in [0.5, 0.6) is 0 Å². The predicted molar refractivity (Wildman–Crippen MR) is 93.7 cm³/mol. The van der Waals surface area contributed by atoms with Gasteiger partial charge in [-0.1, -0.05) is 64.5 Å². The van der Waals surface area contributed by atoms with Crippen molar-refractivity contribution in [1.29, 1.82) is 0 Å². The third kappa shape index (κ3) is 2.13. The Morgan fingerprint density at radius 2 is 1.71 bits per heavy atom. The minimum absolute atomic E-state index is 0.384. The van der Waals surface area contributed by atoms with Gasteiger partial charge in [0.1, 0.15) is 0 Å². The summed E-state index contributed by atoms with van der Waals surface area (Å²) < 4.78 is 1.13. The van der Waals surface area contributed by atoms with Crippen LogP contribution in [0.3, 0.4) is 0 Å². The van der Waals surface area contributed by atoms with Crippen LogP contribution in [0.2, 0.25) is 0 Å². The minimum Gasteiger partial charge on any atom is -0.0720 e. The summed E-state index contributed by atoms with van der Waals surface area (Å²) in [5, 5.41) is 2.59. The van der Waals surface area contributed by atoms with E-state index in [-0.39, 0.29) is 0 Å². The highest BCUT2D eigenvalue weighted by Gasteiger charge is 2.20. The fourth-order valence-corrected chi connectivity index (χ4v) is 3.63. The maximum absolute atomic E-state index is 3.55. The topological polar surface area (TPSA) is 0 Å². The van der Waals surface area contributed by atoms with Gasteiger partial charge < -0.3 is 0 Å². The minimum atomic E-state index is 0.384. The fraction of sp³-hybridized carbons (Fsp3) is 0.100. The van der Waals surface area contributed by atoms with Crippen molar-refractivity contribution in [3.05, 3.63) is 87.4 Å². The Morgan fingerprint density at radius 3 is 2.62 bits per heavy atom. The van der Waals surface area contributed by atoms with Gasteiger partial charge in [-0.25, -0.2) is 0 Å². The van der Waals surface area contributed by atoms with E-state index in [1.54, 1.807) is 0 Å². The van der Waals surface area contributed by atoms with Crippen molar-refractivity contribution in [3.8, 4) is 0 Å². The van der Waals surface area contributed by atoms with E-state index in [4.69, 9.17) is 0 Å². The van der Waals surface area contributed by atoms with Crippen LogP contribution in [-0.2, 0) is 0 Å². The second-order valence-electron chi connectivity index (χ2n) is 5.67. The van der Waals surface area contributed by atoms with E-state index < -0.39 is 0 Å². The standard InChI is InChI=1S/C20H15Br/c1-13-10-16-11-17(21)8-6-15(16)12-20(13)19-9-7-14-4-2-3-5-18(14)19/h2-12,19H,1H3. The number of benzene rings is 3.